The van der Waals surface area contributed by atoms with Crippen molar-refractivity contribution in [1.29, 1.82) is 0 Å². The summed E-state index contributed by atoms with van der Waals surface area (Å²) in [5, 5.41) is 11.5. The molecular weight excluding hydrogens is 336 g/mol. The Bertz CT molecular complexity index is 856. The van der Waals surface area contributed by atoms with Gasteiger partial charge in [-0.3, -0.25) is 9.88 Å². The predicted molar refractivity (Wildman–Crippen MR) is 98.4 cm³/mol. The molecule has 0 aromatic carbocycles. The summed E-state index contributed by atoms with van der Waals surface area (Å²) in [5.74, 6) is 0. The highest BCUT2D eigenvalue weighted by Gasteiger charge is 2.32. The maximum atomic E-state index is 11.0. The van der Waals surface area contributed by atoms with Gasteiger partial charge >= 0.3 is 0 Å². The van der Waals surface area contributed by atoms with Crippen LogP contribution in [0.25, 0.3) is 11.0 Å². The number of pyridine rings is 2. The minimum atomic E-state index is -0.680. The lowest BCUT2D eigenvalue weighted by Gasteiger charge is -2.38. The summed E-state index contributed by atoms with van der Waals surface area (Å²) in [7, 11) is 0. The maximum Gasteiger partial charge on any atom is 0.129 e. The van der Waals surface area contributed by atoms with Crippen molar-refractivity contribution in [2.24, 2.45) is 0 Å². The minimum Gasteiger partial charge on any atom is -0.388 e. The van der Waals surface area contributed by atoms with Crippen LogP contribution in [0.5, 0.6) is 0 Å². The van der Waals surface area contributed by atoms with E-state index in [0.717, 1.165) is 43.5 Å². The Morgan fingerprint density at radius 3 is 2.60 bits per heavy atom. The monoisotopic (exact) mass is 356 g/mol. The van der Waals surface area contributed by atoms with E-state index in [9.17, 15) is 5.11 Å². The number of likely N-dealkylation sites (tertiary alicyclic amines) is 1. The summed E-state index contributed by atoms with van der Waals surface area (Å²) >= 11 is 5.95. The van der Waals surface area contributed by atoms with Crippen LogP contribution >= 0.6 is 11.6 Å². The Kier molecular flexibility index (Phi) is 4.46. The van der Waals surface area contributed by atoms with E-state index in [1.165, 1.54) is 5.56 Å². The number of fused-ring (bicyclic) bond motifs is 1. The van der Waals surface area contributed by atoms with Crippen LogP contribution in [0.15, 0.2) is 48.9 Å². The molecule has 4 heterocycles. The van der Waals surface area contributed by atoms with E-state index in [1.807, 2.05) is 42.9 Å². The minimum absolute atomic E-state index is 0.494. The van der Waals surface area contributed by atoms with E-state index in [1.54, 1.807) is 6.07 Å². The van der Waals surface area contributed by atoms with Gasteiger partial charge in [-0.25, -0.2) is 4.98 Å². The second kappa shape index (κ2) is 6.75. The summed E-state index contributed by atoms with van der Waals surface area (Å²) < 4.78 is 2.08. The third-order valence-electron chi connectivity index (χ3n) is 5.00. The number of aliphatic hydroxyl groups is 1. The lowest BCUT2D eigenvalue weighted by molar-refractivity contribution is -0.0349. The normalized spacial score (nSPS) is 17.8. The zero-order valence-corrected chi connectivity index (χ0v) is 14.7. The SMILES string of the molecule is OC1(Cn2ccc3nc(Cl)ccc32)CCN(Cc2ccncc2)CC1. The zero-order chi connectivity index (χ0) is 17.3. The van der Waals surface area contributed by atoms with Gasteiger partial charge in [0.15, 0.2) is 0 Å². The van der Waals surface area contributed by atoms with Crippen LogP contribution < -0.4 is 0 Å². The van der Waals surface area contributed by atoms with Crippen molar-refractivity contribution in [2.75, 3.05) is 13.1 Å². The van der Waals surface area contributed by atoms with Crippen LogP contribution in [0.1, 0.15) is 18.4 Å². The topological polar surface area (TPSA) is 54.2 Å². The van der Waals surface area contributed by atoms with Crippen molar-refractivity contribution in [3.05, 3.63) is 59.6 Å². The molecule has 3 aromatic rings. The third-order valence-corrected chi connectivity index (χ3v) is 5.21. The van der Waals surface area contributed by atoms with Gasteiger partial charge in [-0.2, -0.15) is 0 Å². The predicted octanol–water partition coefficient (Wildman–Crippen LogP) is 3.11. The molecule has 1 aliphatic heterocycles. The summed E-state index contributed by atoms with van der Waals surface area (Å²) in [6.07, 6.45) is 7.16. The Labute approximate surface area is 151 Å². The van der Waals surface area contributed by atoms with Gasteiger partial charge in [0.25, 0.3) is 0 Å². The number of piperidine rings is 1. The fourth-order valence-electron chi connectivity index (χ4n) is 3.54. The first kappa shape index (κ1) is 16.5. The van der Waals surface area contributed by atoms with Crippen LogP contribution in [0.2, 0.25) is 5.15 Å². The van der Waals surface area contributed by atoms with Gasteiger partial charge in [-0.05, 0) is 48.7 Å². The zero-order valence-electron chi connectivity index (χ0n) is 14.0. The summed E-state index contributed by atoms with van der Waals surface area (Å²) in [4.78, 5) is 10.8. The molecule has 1 saturated heterocycles. The van der Waals surface area contributed by atoms with Gasteiger partial charge in [0.1, 0.15) is 5.15 Å². The maximum absolute atomic E-state index is 11.0. The van der Waals surface area contributed by atoms with Gasteiger partial charge in [0, 0.05) is 38.2 Å². The van der Waals surface area contributed by atoms with Crippen molar-refractivity contribution in [3.63, 3.8) is 0 Å². The van der Waals surface area contributed by atoms with Crippen LogP contribution in [0, 0.1) is 0 Å². The molecule has 0 amide bonds. The van der Waals surface area contributed by atoms with E-state index >= 15 is 0 Å². The molecule has 0 radical (unpaired) electrons. The highest BCUT2D eigenvalue weighted by atomic mass is 35.5. The summed E-state index contributed by atoms with van der Waals surface area (Å²) in [5.41, 5.74) is 2.46. The van der Waals surface area contributed by atoms with Crippen LogP contribution in [0.4, 0.5) is 0 Å². The van der Waals surface area contributed by atoms with Gasteiger partial charge in [0.05, 0.1) is 23.2 Å². The second-order valence-corrected chi connectivity index (χ2v) is 7.23. The van der Waals surface area contributed by atoms with E-state index in [0.29, 0.717) is 11.7 Å². The first-order chi connectivity index (χ1) is 12.1. The Morgan fingerprint density at radius 2 is 1.84 bits per heavy atom. The van der Waals surface area contributed by atoms with Crippen molar-refractivity contribution < 1.29 is 5.11 Å². The molecule has 25 heavy (non-hydrogen) atoms. The molecule has 5 nitrogen and oxygen atoms in total. The number of hydrogen-bond donors (Lipinski definition) is 1. The number of nitrogens with zero attached hydrogens (tertiary/aromatic N) is 4. The molecular formula is C19H21ClN4O. The summed E-state index contributed by atoms with van der Waals surface area (Å²) in [6, 6.07) is 9.80. The van der Waals surface area contributed by atoms with Crippen LogP contribution in [-0.4, -0.2) is 43.2 Å². The van der Waals surface area contributed by atoms with E-state index < -0.39 is 5.60 Å². The molecule has 0 aliphatic carbocycles. The molecule has 130 valence electrons. The van der Waals surface area contributed by atoms with E-state index in [2.05, 4.69) is 19.4 Å². The molecule has 6 heteroatoms. The number of halogens is 1. The van der Waals surface area contributed by atoms with E-state index in [4.69, 9.17) is 11.6 Å². The number of rotatable bonds is 4. The Balaban J connectivity index is 1.41. The number of hydrogen-bond acceptors (Lipinski definition) is 4. The molecule has 1 fully saturated rings. The summed E-state index contributed by atoms with van der Waals surface area (Å²) in [6.45, 7) is 3.28. The van der Waals surface area contributed by atoms with Gasteiger partial charge in [-0.1, -0.05) is 11.6 Å². The second-order valence-electron chi connectivity index (χ2n) is 6.84. The Hall–Kier alpha value is -1.95. The molecule has 4 rings (SSSR count). The lowest BCUT2D eigenvalue weighted by atomic mass is 9.91. The van der Waals surface area contributed by atoms with E-state index in [-0.39, 0.29) is 0 Å². The quantitative estimate of drug-likeness (QED) is 0.730. The van der Waals surface area contributed by atoms with Gasteiger partial charge < -0.3 is 9.67 Å². The smallest absolute Gasteiger partial charge is 0.129 e. The highest BCUT2D eigenvalue weighted by Crippen LogP contribution is 2.27. The molecule has 0 unspecified atom stereocenters. The lowest BCUT2D eigenvalue weighted by Crippen LogP contribution is -2.46. The molecule has 1 N–H and O–H groups in total. The van der Waals surface area contributed by atoms with Crippen molar-refractivity contribution in [1.82, 2.24) is 19.4 Å². The fraction of sp³-hybridized carbons (Fsp3) is 0.368. The molecule has 1 aliphatic rings. The Morgan fingerprint density at radius 1 is 1.08 bits per heavy atom. The average molecular weight is 357 g/mol. The standard InChI is InChI=1S/C19H21ClN4O/c20-18-2-1-17-16(22-18)5-10-24(17)14-19(25)6-11-23(12-7-19)13-15-3-8-21-9-4-15/h1-5,8-10,25H,6-7,11-14H2. The van der Waals surface area contributed by atoms with Gasteiger partial charge in [-0.15, -0.1) is 0 Å². The first-order valence-corrected chi connectivity index (χ1v) is 8.94. The average Bonchev–Trinajstić information content (AvgIpc) is 3.00. The van der Waals surface area contributed by atoms with Crippen LogP contribution in [-0.2, 0) is 13.1 Å². The third kappa shape index (κ3) is 3.68. The van der Waals surface area contributed by atoms with Crippen LogP contribution in [0.3, 0.4) is 0 Å². The molecule has 0 bridgehead atoms. The molecule has 0 spiro atoms. The molecule has 0 saturated carbocycles. The van der Waals surface area contributed by atoms with Gasteiger partial charge in [0.2, 0.25) is 0 Å². The highest BCUT2D eigenvalue weighted by molar-refractivity contribution is 6.29. The first-order valence-electron chi connectivity index (χ1n) is 8.56. The van der Waals surface area contributed by atoms with Crippen molar-refractivity contribution in [3.8, 4) is 0 Å². The molecule has 3 aromatic heterocycles. The van der Waals surface area contributed by atoms with Crippen molar-refractivity contribution in [2.45, 2.75) is 31.5 Å². The largest absolute Gasteiger partial charge is 0.388 e. The van der Waals surface area contributed by atoms with Crippen molar-refractivity contribution >= 4 is 22.6 Å². The fourth-order valence-corrected chi connectivity index (χ4v) is 3.69. The number of aromatic nitrogens is 3. The molecule has 0 atom stereocenters.